The fourth-order valence-corrected chi connectivity index (χ4v) is 4.56. The number of thioether (sulfide) groups is 1. The molecule has 3 aromatic rings. The highest BCUT2D eigenvalue weighted by molar-refractivity contribution is 7.99. The van der Waals surface area contributed by atoms with Crippen LogP contribution < -0.4 is 9.64 Å². The molecule has 2 aromatic carbocycles. The van der Waals surface area contributed by atoms with Crippen LogP contribution in [0, 0.1) is 18.7 Å². The first-order valence-electron chi connectivity index (χ1n) is 10.5. The second kappa shape index (κ2) is 9.24. The zero-order chi connectivity index (χ0) is 22.8. The Labute approximate surface area is 191 Å². The van der Waals surface area contributed by atoms with Crippen LogP contribution in [0.3, 0.4) is 0 Å². The number of hydrogen-bond acceptors (Lipinski definition) is 6. The maximum Gasteiger partial charge on any atom is 0.247 e. The molecule has 0 aliphatic carbocycles. The molecule has 0 N–H and O–H groups in total. The zero-order valence-corrected chi connectivity index (χ0v) is 19.3. The monoisotopic (exact) mass is 452 g/mol. The molecule has 0 radical (unpaired) electrons. The molecule has 6 nitrogen and oxygen atoms in total. The SMILES string of the molecule is CC(=O)N1c2ccc(C)cc2-c2nnc(SCCC(C)C)nc2O[C@@H]1c1ccccc1F. The van der Waals surface area contributed by atoms with Crippen LogP contribution in [-0.4, -0.2) is 26.8 Å². The molecule has 1 aliphatic rings. The molecule has 0 saturated heterocycles. The number of nitrogens with zero attached hydrogens (tertiary/aromatic N) is 4. The van der Waals surface area contributed by atoms with Crippen molar-refractivity contribution in [2.45, 2.75) is 45.5 Å². The molecule has 32 heavy (non-hydrogen) atoms. The molecule has 0 saturated carbocycles. The van der Waals surface area contributed by atoms with Crippen molar-refractivity contribution in [1.82, 2.24) is 15.2 Å². The van der Waals surface area contributed by atoms with E-state index in [1.165, 1.54) is 29.7 Å². The van der Waals surface area contributed by atoms with E-state index in [2.05, 4.69) is 29.0 Å². The molecular formula is C24H25FN4O2S. The van der Waals surface area contributed by atoms with Gasteiger partial charge in [-0.1, -0.05) is 55.4 Å². The quantitative estimate of drug-likeness (QED) is 0.472. The Morgan fingerprint density at radius 2 is 2.00 bits per heavy atom. The molecule has 0 unspecified atom stereocenters. The standard InChI is InChI=1S/C24H25FN4O2S/c1-14(2)11-12-32-24-26-22-21(27-28-24)18-13-15(3)9-10-20(18)29(16(4)30)23(31-22)17-7-5-6-8-19(17)25/h5-10,13-14,23H,11-12H2,1-4H3/t23-/m1/s1. The summed E-state index contributed by atoms with van der Waals surface area (Å²) in [7, 11) is 0. The van der Waals surface area contributed by atoms with E-state index in [9.17, 15) is 9.18 Å². The Kier molecular flexibility index (Phi) is 6.41. The molecule has 1 aromatic heterocycles. The number of hydrogen-bond donors (Lipinski definition) is 0. The Bertz CT molecular complexity index is 1150. The summed E-state index contributed by atoms with van der Waals surface area (Å²) < 4.78 is 21.0. The number of anilines is 1. The number of carbonyl (C=O) groups is 1. The van der Waals surface area contributed by atoms with E-state index in [-0.39, 0.29) is 17.4 Å². The normalized spacial score (nSPS) is 15.1. The molecule has 1 amide bonds. The summed E-state index contributed by atoms with van der Waals surface area (Å²) in [4.78, 5) is 18.8. The van der Waals surface area contributed by atoms with Crippen LogP contribution in [0.25, 0.3) is 11.3 Å². The molecule has 4 rings (SSSR count). The van der Waals surface area contributed by atoms with Crippen molar-refractivity contribution in [3.63, 3.8) is 0 Å². The lowest BCUT2D eigenvalue weighted by Crippen LogP contribution is -2.36. The van der Waals surface area contributed by atoms with E-state index in [1.807, 2.05) is 25.1 Å². The highest BCUT2D eigenvalue weighted by Crippen LogP contribution is 2.44. The first-order valence-corrected chi connectivity index (χ1v) is 11.5. The largest absolute Gasteiger partial charge is 0.447 e. The molecule has 8 heteroatoms. The third-order valence-corrected chi connectivity index (χ3v) is 6.07. The van der Waals surface area contributed by atoms with E-state index >= 15 is 0 Å². The number of rotatable bonds is 5. The Morgan fingerprint density at radius 3 is 2.72 bits per heavy atom. The first kappa shape index (κ1) is 22.2. The highest BCUT2D eigenvalue weighted by atomic mass is 32.2. The number of carbonyl (C=O) groups excluding carboxylic acids is 1. The van der Waals surface area contributed by atoms with Gasteiger partial charge < -0.3 is 4.74 Å². The summed E-state index contributed by atoms with van der Waals surface area (Å²) in [5.74, 6) is 0.905. The summed E-state index contributed by atoms with van der Waals surface area (Å²) >= 11 is 1.50. The third-order valence-electron chi connectivity index (χ3n) is 5.20. The van der Waals surface area contributed by atoms with Gasteiger partial charge in [-0.15, -0.1) is 10.2 Å². The van der Waals surface area contributed by atoms with Gasteiger partial charge in [-0.2, -0.15) is 4.98 Å². The van der Waals surface area contributed by atoms with Crippen molar-refractivity contribution < 1.29 is 13.9 Å². The molecular weight excluding hydrogens is 427 g/mol. The van der Waals surface area contributed by atoms with Gasteiger partial charge in [0.25, 0.3) is 0 Å². The summed E-state index contributed by atoms with van der Waals surface area (Å²) in [6.45, 7) is 7.71. The second-order valence-corrected chi connectivity index (χ2v) is 9.24. The average Bonchev–Trinajstić information content (AvgIpc) is 2.88. The lowest BCUT2D eigenvalue weighted by atomic mass is 10.0. The predicted molar refractivity (Wildman–Crippen MR) is 123 cm³/mol. The fraction of sp³-hybridized carbons (Fsp3) is 0.333. The van der Waals surface area contributed by atoms with Crippen molar-refractivity contribution in [2.24, 2.45) is 5.92 Å². The Balaban J connectivity index is 1.86. The molecule has 2 heterocycles. The van der Waals surface area contributed by atoms with E-state index < -0.39 is 12.0 Å². The van der Waals surface area contributed by atoms with Crippen LogP contribution in [0.4, 0.5) is 10.1 Å². The number of aromatic nitrogens is 3. The van der Waals surface area contributed by atoms with Crippen molar-refractivity contribution in [3.05, 3.63) is 59.4 Å². The molecule has 1 aliphatic heterocycles. The van der Waals surface area contributed by atoms with Gasteiger partial charge in [-0.3, -0.25) is 9.69 Å². The predicted octanol–water partition coefficient (Wildman–Crippen LogP) is 5.57. The lowest BCUT2D eigenvalue weighted by molar-refractivity contribution is -0.118. The molecule has 0 fully saturated rings. The van der Waals surface area contributed by atoms with Crippen LogP contribution in [-0.2, 0) is 4.79 Å². The van der Waals surface area contributed by atoms with Gasteiger partial charge in [0.05, 0.1) is 5.69 Å². The number of amides is 1. The summed E-state index contributed by atoms with van der Waals surface area (Å²) in [5.41, 5.74) is 2.91. The van der Waals surface area contributed by atoms with Gasteiger partial charge in [-0.25, -0.2) is 4.39 Å². The second-order valence-electron chi connectivity index (χ2n) is 8.18. The van der Waals surface area contributed by atoms with Crippen LogP contribution in [0.5, 0.6) is 5.88 Å². The number of ether oxygens (including phenoxy) is 1. The van der Waals surface area contributed by atoms with Gasteiger partial charge in [0, 0.05) is 23.8 Å². The van der Waals surface area contributed by atoms with Crippen LogP contribution >= 0.6 is 11.8 Å². The Morgan fingerprint density at radius 1 is 1.22 bits per heavy atom. The number of halogens is 1. The Hall–Kier alpha value is -3.00. The van der Waals surface area contributed by atoms with Crippen LogP contribution in [0.15, 0.2) is 47.6 Å². The minimum atomic E-state index is -1.03. The summed E-state index contributed by atoms with van der Waals surface area (Å²) in [5, 5.41) is 9.19. The van der Waals surface area contributed by atoms with E-state index in [0.29, 0.717) is 28.0 Å². The smallest absolute Gasteiger partial charge is 0.247 e. The topological polar surface area (TPSA) is 68.2 Å². The number of aryl methyl sites for hydroxylation is 1. The number of fused-ring (bicyclic) bond motifs is 3. The minimum absolute atomic E-state index is 0.232. The van der Waals surface area contributed by atoms with E-state index in [4.69, 9.17) is 4.74 Å². The third kappa shape index (κ3) is 4.46. The molecule has 0 spiro atoms. The van der Waals surface area contributed by atoms with Gasteiger partial charge >= 0.3 is 0 Å². The molecule has 0 bridgehead atoms. The lowest BCUT2D eigenvalue weighted by Gasteiger charge is -2.30. The minimum Gasteiger partial charge on any atom is -0.447 e. The highest BCUT2D eigenvalue weighted by Gasteiger charge is 2.36. The maximum atomic E-state index is 14.8. The molecule has 166 valence electrons. The van der Waals surface area contributed by atoms with Crippen molar-refractivity contribution >= 4 is 23.4 Å². The van der Waals surface area contributed by atoms with Crippen molar-refractivity contribution in [3.8, 4) is 17.1 Å². The zero-order valence-electron chi connectivity index (χ0n) is 18.5. The van der Waals surface area contributed by atoms with Crippen LogP contribution in [0.1, 0.15) is 44.5 Å². The molecule has 1 atom stereocenters. The first-order chi connectivity index (χ1) is 15.3. The van der Waals surface area contributed by atoms with E-state index in [0.717, 1.165) is 17.7 Å². The van der Waals surface area contributed by atoms with Crippen LogP contribution in [0.2, 0.25) is 0 Å². The summed E-state index contributed by atoms with van der Waals surface area (Å²) in [6.07, 6.45) is -0.00846. The average molecular weight is 453 g/mol. The fourth-order valence-electron chi connectivity index (χ4n) is 3.54. The van der Waals surface area contributed by atoms with Crippen molar-refractivity contribution in [2.75, 3.05) is 10.7 Å². The maximum absolute atomic E-state index is 14.8. The van der Waals surface area contributed by atoms with Gasteiger partial charge in [0.2, 0.25) is 23.2 Å². The van der Waals surface area contributed by atoms with Gasteiger partial charge in [-0.05, 0) is 37.5 Å². The van der Waals surface area contributed by atoms with Crippen molar-refractivity contribution in [1.29, 1.82) is 0 Å². The summed E-state index contributed by atoms with van der Waals surface area (Å²) in [6, 6.07) is 11.9. The van der Waals surface area contributed by atoms with Gasteiger partial charge in [0.15, 0.2) is 5.69 Å². The number of benzene rings is 2. The van der Waals surface area contributed by atoms with E-state index in [1.54, 1.807) is 18.2 Å². The van der Waals surface area contributed by atoms with Gasteiger partial charge in [0.1, 0.15) is 5.82 Å².